The number of hydrogen-bond donors (Lipinski definition) is 2. The third-order valence-electron chi connectivity index (χ3n) is 2.80. The zero-order chi connectivity index (χ0) is 14.7. The molecule has 3 nitrogen and oxygen atoms in total. The van der Waals surface area contributed by atoms with Crippen LogP contribution in [0, 0.1) is 11.6 Å². The molecule has 0 heterocycles. The molecule has 0 radical (unpaired) electrons. The van der Waals surface area contributed by atoms with Crippen LogP contribution < -0.4 is 11.1 Å². The Labute approximate surface area is 115 Å². The average Bonchev–Trinajstić information content (AvgIpc) is 2.37. The first kappa shape index (κ1) is 14.1. The Bertz CT molecular complexity index is 621. The average molecular weight is 276 g/mol. The largest absolute Gasteiger partial charge is 0.324 e. The maximum atomic E-state index is 13.1. The fraction of sp³-hybridized carbons (Fsp3) is 0.133. The van der Waals surface area contributed by atoms with E-state index < -0.39 is 17.5 Å². The first-order valence-corrected chi connectivity index (χ1v) is 6.08. The molecule has 0 aliphatic heterocycles. The van der Waals surface area contributed by atoms with Crippen LogP contribution in [0.5, 0.6) is 0 Å². The molecule has 104 valence electrons. The van der Waals surface area contributed by atoms with Crippen molar-refractivity contribution >= 4 is 11.6 Å². The second kappa shape index (κ2) is 5.79. The van der Waals surface area contributed by atoms with Crippen molar-refractivity contribution in [3.05, 3.63) is 65.2 Å². The normalized spacial score (nSPS) is 12.0. The number of rotatable bonds is 3. The summed E-state index contributed by atoms with van der Waals surface area (Å²) in [5, 5.41) is 2.58. The van der Waals surface area contributed by atoms with Crippen LogP contribution in [0.3, 0.4) is 0 Å². The lowest BCUT2D eigenvalue weighted by Gasteiger charge is -2.09. The van der Waals surface area contributed by atoms with Crippen molar-refractivity contribution in [2.24, 2.45) is 5.73 Å². The predicted octanol–water partition coefficient (Wildman–Crippen LogP) is 3.24. The van der Waals surface area contributed by atoms with Crippen LogP contribution in [-0.2, 0) is 0 Å². The van der Waals surface area contributed by atoms with Crippen LogP contribution in [0.1, 0.15) is 28.9 Å². The van der Waals surface area contributed by atoms with Gasteiger partial charge in [0.1, 0.15) is 11.6 Å². The molecule has 5 heteroatoms. The standard InChI is InChI=1S/C15H14F2N2O/c1-9(18)10-3-2-4-14(7-10)19-15(20)11-5-12(16)8-13(17)6-11/h2-9H,18H2,1H3,(H,19,20). The topological polar surface area (TPSA) is 55.1 Å². The molecule has 1 atom stereocenters. The van der Waals surface area contributed by atoms with Crippen molar-refractivity contribution in [3.63, 3.8) is 0 Å². The van der Waals surface area contributed by atoms with Gasteiger partial charge >= 0.3 is 0 Å². The molecule has 0 aliphatic rings. The molecular formula is C15H14F2N2O. The second-order valence-corrected chi connectivity index (χ2v) is 4.53. The number of anilines is 1. The number of carbonyl (C=O) groups is 1. The van der Waals surface area contributed by atoms with Gasteiger partial charge in [0.05, 0.1) is 0 Å². The van der Waals surface area contributed by atoms with E-state index in [2.05, 4.69) is 5.32 Å². The molecule has 2 aromatic carbocycles. The molecule has 0 saturated heterocycles. The van der Waals surface area contributed by atoms with Gasteiger partial charge in [-0.05, 0) is 36.8 Å². The van der Waals surface area contributed by atoms with E-state index in [9.17, 15) is 13.6 Å². The van der Waals surface area contributed by atoms with Gasteiger partial charge in [-0.25, -0.2) is 8.78 Å². The van der Waals surface area contributed by atoms with Crippen LogP contribution in [0.15, 0.2) is 42.5 Å². The Hall–Kier alpha value is -2.27. The Morgan fingerprint density at radius 3 is 2.40 bits per heavy atom. The molecule has 0 aromatic heterocycles. The zero-order valence-electron chi connectivity index (χ0n) is 10.9. The van der Waals surface area contributed by atoms with Crippen LogP contribution in [-0.4, -0.2) is 5.91 Å². The van der Waals surface area contributed by atoms with E-state index in [1.165, 1.54) is 0 Å². The van der Waals surface area contributed by atoms with Gasteiger partial charge in [0.15, 0.2) is 0 Å². The molecule has 2 aromatic rings. The number of carbonyl (C=O) groups excluding carboxylic acids is 1. The minimum atomic E-state index is -0.792. The van der Waals surface area contributed by atoms with Gasteiger partial charge in [0.2, 0.25) is 0 Å². The van der Waals surface area contributed by atoms with Gasteiger partial charge < -0.3 is 11.1 Å². The van der Waals surface area contributed by atoms with Crippen LogP contribution in [0.4, 0.5) is 14.5 Å². The van der Waals surface area contributed by atoms with E-state index in [0.717, 1.165) is 17.7 Å². The molecule has 1 unspecified atom stereocenters. The number of halogens is 2. The summed E-state index contributed by atoms with van der Waals surface area (Å²) in [5.41, 5.74) is 7.05. The van der Waals surface area contributed by atoms with E-state index in [1.54, 1.807) is 18.2 Å². The quantitative estimate of drug-likeness (QED) is 0.904. The first-order valence-electron chi connectivity index (χ1n) is 6.08. The summed E-state index contributed by atoms with van der Waals surface area (Å²) in [6.07, 6.45) is 0. The number of amides is 1. The molecule has 2 rings (SSSR count). The van der Waals surface area contributed by atoms with E-state index in [1.807, 2.05) is 13.0 Å². The number of benzene rings is 2. The fourth-order valence-electron chi connectivity index (χ4n) is 1.79. The zero-order valence-corrected chi connectivity index (χ0v) is 10.9. The summed E-state index contributed by atoms with van der Waals surface area (Å²) in [7, 11) is 0. The summed E-state index contributed by atoms with van der Waals surface area (Å²) in [5.74, 6) is -2.16. The minimum absolute atomic E-state index is 0.0753. The van der Waals surface area contributed by atoms with Gasteiger partial charge in [-0.15, -0.1) is 0 Å². The van der Waals surface area contributed by atoms with Gasteiger partial charge in [0, 0.05) is 23.4 Å². The fourth-order valence-corrected chi connectivity index (χ4v) is 1.79. The van der Waals surface area contributed by atoms with Gasteiger partial charge in [-0.1, -0.05) is 12.1 Å². The number of hydrogen-bond acceptors (Lipinski definition) is 2. The van der Waals surface area contributed by atoms with Crippen LogP contribution in [0.25, 0.3) is 0 Å². The van der Waals surface area contributed by atoms with Crippen molar-refractivity contribution in [1.82, 2.24) is 0 Å². The van der Waals surface area contributed by atoms with E-state index in [-0.39, 0.29) is 11.6 Å². The Balaban J connectivity index is 2.21. The predicted molar refractivity (Wildman–Crippen MR) is 73.4 cm³/mol. The first-order chi connectivity index (χ1) is 9.45. The van der Waals surface area contributed by atoms with E-state index >= 15 is 0 Å². The van der Waals surface area contributed by atoms with Crippen molar-refractivity contribution < 1.29 is 13.6 Å². The summed E-state index contributed by atoms with van der Waals surface area (Å²) >= 11 is 0. The molecule has 0 bridgehead atoms. The number of nitrogens with two attached hydrogens (primary N) is 1. The highest BCUT2D eigenvalue weighted by atomic mass is 19.1. The monoisotopic (exact) mass is 276 g/mol. The highest BCUT2D eigenvalue weighted by molar-refractivity contribution is 6.04. The lowest BCUT2D eigenvalue weighted by atomic mass is 10.1. The van der Waals surface area contributed by atoms with E-state index in [4.69, 9.17) is 5.73 Å². The maximum absolute atomic E-state index is 13.1. The molecular weight excluding hydrogens is 262 g/mol. The lowest BCUT2D eigenvalue weighted by molar-refractivity contribution is 0.102. The molecule has 0 fully saturated rings. The molecule has 20 heavy (non-hydrogen) atoms. The molecule has 0 spiro atoms. The highest BCUT2D eigenvalue weighted by Crippen LogP contribution is 2.17. The molecule has 3 N–H and O–H groups in total. The third kappa shape index (κ3) is 3.39. The van der Waals surface area contributed by atoms with Gasteiger partial charge in [-0.3, -0.25) is 4.79 Å². The molecule has 0 aliphatic carbocycles. The minimum Gasteiger partial charge on any atom is -0.324 e. The van der Waals surface area contributed by atoms with Crippen molar-refractivity contribution in [1.29, 1.82) is 0 Å². The number of nitrogens with one attached hydrogen (secondary N) is 1. The smallest absolute Gasteiger partial charge is 0.255 e. The highest BCUT2D eigenvalue weighted by Gasteiger charge is 2.10. The summed E-state index contributed by atoms with van der Waals surface area (Å²) in [4.78, 5) is 11.9. The van der Waals surface area contributed by atoms with Crippen molar-refractivity contribution in [2.75, 3.05) is 5.32 Å². The lowest BCUT2D eigenvalue weighted by Crippen LogP contribution is -2.13. The van der Waals surface area contributed by atoms with Crippen molar-refractivity contribution in [2.45, 2.75) is 13.0 Å². The Morgan fingerprint density at radius 2 is 1.80 bits per heavy atom. The SMILES string of the molecule is CC(N)c1cccc(NC(=O)c2cc(F)cc(F)c2)c1. The van der Waals surface area contributed by atoms with Crippen molar-refractivity contribution in [3.8, 4) is 0 Å². The molecule has 1 amide bonds. The van der Waals surface area contributed by atoms with Crippen LogP contribution >= 0.6 is 0 Å². The Morgan fingerprint density at radius 1 is 1.15 bits per heavy atom. The van der Waals surface area contributed by atoms with Gasteiger partial charge in [0.25, 0.3) is 5.91 Å². The Kier molecular flexibility index (Phi) is 4.10. The maximum Gasteiger partial charge on any atom is 0.255 e. The van der Waals surface area contributed by atoms with E-state index in [0.29, 0.717) is 11.8 Å². The third-order valence-corrected chi connectivity index (χ3v) is 2.80. The summed E-state index contributed by atoms with van der Waals surface area (Å²) in [6.45, 7) is 1.82. The van der Waals surface area contributed by atoms with Crippen LogP contribution in [0.2, 0.25) is 0 Å². The molecule has 0 saturated carbocycles. The summed E-state index contributed by atoms with van der Waals surface area (Å²) < 4.78 is 26.1. The van der Waals surface area contributed by atoms with Gasteiger partial charge in [-0.2, -0.15) is 0 Å². The summed E-state index contributed by atoms with van der Waals surface area (Å²) in [6, 6.07) is 9.49. The second-order valence-electron chi connectivity index (χ2n) is 4.53.